The van der Waals surface area contributed by atoms with Gasteiger partial charge in [-0.15, -0.1) is 0 Å². The van der Waals surface area contributed by atoms with E-state index in [1.54, 1.807) is 6.07 Å². The summed E-state index contributed by atoms with van der Waals surface area (Å²) < 4.78 is 26.5. The van der Waals surface area contributed by atoms with Crippen molar-refractivity contribution >= 4 is 15.9 Å². The molecule has 0 aliphatic heterocycles. The second-order valence-electron chi connectivity index (χ2n) is 4.33. The SMILES string of the molecule is NC(c1ccc(F)c(F)c1Br)C1CCCC1. The molecule has 1 unspecified atom stereocenters. The molecule has 1 fully saturated rings. The molecule has 0 saturated heterocycles. The van der Waals surface area contributed by atoms with E-state index in [9.17, 15) is 8.78 Å². The van der Waals surface area contributed by atoms with Crippen molar-refractivity contribution in [3.05, 3.63) is 33.8 Å². The first-order valence-corrected chi connectivity index (χ1v) is 6.29. The first-order chi connectivity index (χ1) is 7.61. The summed E-state index contributed by atoms with van der Waals surface area (Å²) in [6.07, 6.45) is 4.51. The molecule has 1 aliphatic carbocycles. The summed E-state index contributed by atoms with van der Waals surface area (Å²) in [4.78, 5) is 0. The average Bonchev–Trinajstić information content (AvgIpc) is 2.79. The molecule has 4 heteroatoms. The Morgan fingerprint density at radius 3 is 2.50 bits per heavy atom. The largest absolute Gasteiger partial charge is 0.324 e. The monoisotopic (exact) mass is 289 g/mol. The van der Waals surface area contributed by atoms with Gasteiger partial charge in [0.25, 0.3) is 0 Å². The molecule has 16 heavy (non-hydrogen) atoms. The normalized spacial score (nSPS) is 19.0. The number of halogens is 3. The van der Waals surface area contributed by atoms with Gasteiger partial charge < -0.3 is 5.73 Å². The van der Waals surface area contributed by atoms with Crippen molar-refractivity contribution in [2.24, 2.45) is 11.7 Å². The maximum Gasteiger partial charge on any atom is 0.173 e. The van der Waals surface area contributed by atoms with Crippen LogP contribution >= 0.6 is 15.9 Å². The topological polar surface area (TPSA) is 26.0 Å². The van der Waals surface area contributed by atoms with E-state index in [4.69, 9.17) is 5.73 Å². The van der Waals surface area contributed by atoms with Crippen LogP contribution in [0.15, 0.2) is 16.6 Å². The molecular weight excluding hydrogens is 276 g/mol. The van der Waals surface area contributed by atoms with Gasteiger partial charge in [0.15, 0.2) is 11.6 Å². The molecule has 1 saturated carbocycles. The van der Waals surface area contributed by atoms with Crippen molar-refractivity contribution in [3.63, 3.8) is 0 Å². The van der Waals surface area contributed by atoms with E-state index in [1.807, 2.05) is 0 Å². The summed E-state index contributed by atoms with van der Waals surface area (Å²) in [6.45, 7) is 0. The van der Waals surface area contributed by atoms with Gasteiger partial charge in [0.05, 0.1) is 4.47 Å². The highest BCUT2D eigenvalue weighted by atomic mass is 79.9. The van der Waals surface area contributed by atoms with Gasteiger partial charge in [-0.3, -0.25) is 0 Å². The van der Waals surface area contributed by atoms with Crippen LogP contribution in [0.2, 0.25) is 0 Å². The Balaban J connectivity index is 2.29. The summed E-state index contributed by atoms with van der Waals surface area (Å²) in [5, 5.41) is 0. The van der Waals surface area contributed by atoms with E-state index >= 15 is 0 Å². The van der Waals surface area contributed by atoms with Crippen LogP contribution < -0.4 is 5.73 Å². The molecule has 1 aromatic carbocycles. The third kappa shape index (κ3) is 2.13. The molecule has 1 nitrogen and oxygen atoms in total. The Kier molecular flexibility index (Phi) is 3.60. The summed E-state index contributed by atoms with van der Waals surface area (Å²) in [5.41, 5.74) is 6.77. The lowest BCUT2D eigenvalue weighted by Crippen LogP contribution is -2.20. The lowest BCUT2D eigenvalue weighted by Gasteiger charge is -2.20. The van der Waals surface area contributed by atoms with Gasteiger partial charge >= 0.3 is 0 Å². The Hall–Kier alpha value is -0.480. The number of hydrogen-bond donors (Lipinski definition) is 1. The van der Waals surface area contributed by atoms with Gasteiger partial charge in [-0.1, -0.05) is 18.9 Å². The number of nitrogens with two attached hydrogens (primary N) is 1. The van der Waals surface area contributed by atoms with Gasteiger partial charge in [-0.25, -0.2) is 8.78 Å². The number of rotatable bonds is 2. The lowest BCUT2D eigenvalue weighted by atomic mass is 9.92. The molecule has 0 amide bonds. The molecule has 2 rings (SSSR count). The van der Waals surface area contributed by atoms with Gasteiger partial charge in [-0.2, -0.15) is 0 Å². The zero-order valence-corrected chi connectivity index (χ0v) is 10.4. The fraction of sp³-hybridized carbons (Fsp3) is 0.500. The van der Waals surface area contributed by atoms with Crippen LogP contribution in [0.3, 0.4) is 0 Å². The van der Waals surface area contributed by atoms with Crippen LogP contribution in [0, 0.1) is 17.6 Å². The highest BCUT2D eigenvalue weighted by Gasteiger charge is 2.26. The predicted octanol–water partition coefficient (Wildman–Crippen LogP) is 3.92. The molecule has 1 atom stereocenters. The van der Waals surface area contributed by atoms with Gasteiger partial charge in [0.1, 0.15) is 0 Å². The molecule has 0 aromatic heterocycles. The molecule has 0 bridgehead atoms. The van der Waals surface area contributed by atoms with Gasteiger partial charge in [-0.05, 0) is 46.3 Å². The molecule has 0 spiro atoms. The fourth-order valence-corrected chi connectivity index (χ4v) is 2.95. The Labute approximate surface area is 102 Å². The van der Waals surface area contributed by atoms with E-state index in [0.29, 0.717) is 11.5 Å². The van der Waals surface area contributed by atoms with E-state index < -0.39 is 11.6 Å². The Morgan fingerprint density at radius 1 is 1.25 bits per heavy atom. The molecule has 1 aromatic rings. The first kappa shape index (κ1) is 12.0. The third-order valence-corrected chi connectivity index (χ3v) is 4.14. The van der Waals surface area contributed by atoms with Crippen LogP contribution in [0.4, 0.5) is 8.78 Å². The molecule has 0 heterocycles. The minimum Gasteiger partial charge on any atom is -0.324 e. The first-order valence-electron chi connectivity index (χ1n) is 5.50. The highest BCUT2D eigenvalue weighted by Crippen LogP contribution is 2.37. The zero-order chi connectivity index (χ0) is 11.7. The second-order valence-corrected chi connectivity index (χ2v) is 5.13. The molecule has 2 N–H and O–H groups in total. The predicted molar refractivity (Wildman–Crippen MR) is 62.9 cm³/mol. The Morgan fingerprint density at radius 2 is 1.88 bits per heavy atom. The molecule has 88 valence electrons. The van der Waals surface area contributed by atoms with E-state index in [0.717, 1.165) is 18.9 Å². The average molecular weight is 290 g/mol. The van der Waals surface area contributed by atoms with E-state index in [-0.39, 0.29) is 10.5 Å². The Bertz CT molecular complexity index is 389. The van der Waals surface area contributed by atoms with Crippen LogP contribution in [0.1, 0.15) is 37.3 Å². The molecule has 1 aliphatic rings. The van der Waals surface area contributed by atoms with Gasteiger partial charge in [0, 0.05) is 6.04 Å². The van der Waals surface area contributed by atoms with Crippen molar-refractivity contribution in [1.82, 2.24) is 0 Å². The molecule has 0 radical (unpaired) electrons. The minimum absolute atomic E-state index is 0.173. The summed E-state index contributed by atoms with van der Waals surface area (Å²) in [7, 11) is 0. The quantitative estimate of drug-likeness (QED) is 0.821. The fourth-order valence-electron chi connectivity index (χ4n) is 2.37. The van der Waals surface area contributed by atoms with E-state index in [2.05, 4.69) is 15.9 Å². The van der Waals surface area contributed by atoms with Crippen molar-refractivity contribution < 1.29 is 8.78 Å². The minimum atomic E-state index is -0.842. The summed E-state index contributed by atoms with van der Waals surface area (Å²) >= 11 is 3.08. The van der Waals surface area contributed by atoms with Gasteiger partial charge in [0.2, 0.25) is 0 Å². The maximum absolute atomic E-state index is 13.4. The maximum atomic E-state index is 13.4. The highest BCUT2D eigenvalue weighted by molar-refractivity contribution is 9.10. The molecular formula is C12H14BrF2N. The van der Waals surface area contributed by atoms with Crippen LogP contribution in [-0.4, -0.2) is 0 Å². The van der Waals surface area contributed by atoms with Crippen molar-refractivity contribution in [2.75, 3.05) is 0 Å². The second kappa shape index (κ2) is 4.80. The van der Waals surface area contributed by atoms with Crippen LogP contribution in [0.25, 0.3) is 0 Å². The van der Waals surface area contributed by atoms with Crippen LogP contribution in [0.5, 0.6) is 0 Å². The van der Waals surface area contributed by atoms with E-state index in [1.165, 1.54) is 12.8 Å². The number of hydrogen-bond acceptors (Lipinski definition) is 1. The summed E-state index contributed by atoms with van der Waals surface area (Å²) in [6, 6.07) is 2.52. The standard InChI is InChI=1S/C12H14BrF2N/c13-10-8(5-6-9(14)11(10)15)12(16)7-3-1-2-4-7/h5-7,12H,1-4,16H2. The zero-order valence-electron chi connectivity index (χ0n) is 8.85. The third-order valence-electron chi connectivity index (χ3n) is 3.33. The van der Waals surface area contributed by atoms with Crippen molar-refractivity contribution in [2.45, 2.75) is 31.7 Å². The van der Waals surface area contributed by atoms with Crippen LogP contribution in [-0.2, 0) is 0 Å². The lowest BCUT2D eigenvalue weighted by molar-refractivity contribution is 0.436. The smallest absolute Gasteiger partial charge is 0.173 e. The van der Waals surface area contributed by atoms with Crippen molar-refractivity contribution in [1.29, 1.82) is 0 Å². The summed E-state index contributed by atoms with van der Waals surface area (Å²) in [5.74, 6) is -1.29. The van der Waals surface area contributed by atoms with Crippen molar-refractivity contribution in [3.8, 4) is 0 Å². The number of benzene rings is 1.